The fourth-order valence-electron chi connectivity index (χ4n) is 1.97. The summed E-state index contributed by atoms with van der Waals surface area (Å²) in [4.78, 5) is 13.6. The fraction of sp³-hybridized carbons (Fsp3) is 0.909. The zero-order chi connectivity index (χ0) is 10.7. The topological polar surface area (TPSA) is 32.3 Å². The molecule has 1 atom stereocenters. The molecule has 1 saturated heterocycles. The van der Waals surface area contributed by atoms with Crippen LogP contribution >= 0.6 is 0 Å². The number of carbonyl (C=O) groups excluding carboxylic acids is 1. The maximum absolute atomic E-state index is 11.6. The van der Waals surface area contributed by atoms with E-state index in [9.17, 15) is 4.79 Å². The second-order valence-corrected chi connectivity index (χ2v) is 4.91. The summed E-state index contributed by atoms with van der Waals surface area (Å²) >= 11 is 0. The molecule has 1 heterocycles. The number of nitrogens with zero attached hydrogens (tertiary/aromatic N) is 1. The molecular weight excluding hydrogens is 176 g/mol. The monoisotopic (exact) mass is 198 g/mol. The van der Waals surface area contributed by atoms with Gasteiger partial charge in [0.1, 0.15) is 0 Å². The number of rotatable bonds is 4. The average Bonchev–Trinajstić information content (AvgIpc) is 2.28. The van der Waals surface area contributed by atoms with Crippen LogP contribution < -0.4 is 5.32 Å². The third-order valence-electron chi connectivity index (χ3n) is 2.37. The molecule has 1 amide bonds. The van der Waals surface area contributed by atoms with Crippen molar-refractivity contribution in [3.8, 4) is 0 Å². The molecule has 0 aromatic rings. The van der Waals surface area contributed by atoms with E-state index < -0.39 is 0 Å². The van der Waals surface area contributed by atoms with Crippen LogP contribution in [0.25, 0.3) is 0 Å². The molecule has 0 saturated carbocycles. The Balaban J connectivity index is 2.39. The predicted molar refractivity (Wildman–Crippen MR) is 58.1 cm³/mol. The number of nitrogens with one attached hydrogen (secondary N) is 1. The molecule has 1 rings (SSSR count). The van der Waals surface area contributed by atoms with Crippen LogP contribution in [0.15, 0.2) is 0 Å². The Hall–Kier alpha value is -0.570. The van der Waals surface area contributed by atoms with Crippen molar-refractivity contribution in [2.75, 3.05) is 13.1 Å². The summed E-state index contributed by atoms with van der Waals surface area (Å²) in [6, 6.07) is 0.827. The zero-order valence-electron chi connectivity index (χ0n) is 9.71. The van der Waals surface area contributed by atoms with Crippen molar-refractivity contribution in [2.45, 2.75) is 46.2 Å². The molecule has 0 radical (unpaired) electrons. The highest BCUT2D eigenvalue weighted by Gasteiger charge is 2.29. The van der Waals surface area contributed by atoms with Crippen LogP contribution in [0.1, 0.15) is 34.1 Å². The first-order chi connectivity index (χ1) is 6.49. The molecule has 0 aromatic heterocycles. The maximum atomic E-state index is 11.6. The van der Waals surface area contributed by atoms with E-state index in [0.29, 0.717) is 30.3 Å². The largest absolute Gasteiger partial charge is 0.341 e. The summed E-state index contributed by atoms with van der Waals surface area (Å²) < 4.78 is 0. The minimum atomic E-state index is 0.303. The highest BCUT2D eigenvalue weighted by molar-refractivity contribution is 5.79. The third kappa shape index (κ3) is 3.29. The van der Waals surface area contributed by atoms with E-state index in [2.05, 4.69) is 33.0 Å². The predicted octanol–water partition coefficient (Wildman–Crippen LogP) is 1.24. The summed E-state index contributed by atoms with van der Waals surface area (Å²) in [5, 5.41) is 3.41. The molecule has 14 heavy (non-hydrogen) atoms. The minimum absolute atomic E-state index is 0.303. The third-order valence-corrected chi connectivity index (χ3v) is 2.37. The van der Waals surface area contributed by atoms with Crippen molar-refractivity contribution in [1.82, 2.24) is 10.2 Å². The van der Waals surface area contributed by atoms with Gasteiger partial charge in [-0.15, -0.1) is 0 Å². The first-order valence-electron chi connectivity index (χ1n) is 5.53. The van der Waals surface area contributed by atoms with Gasteiger partial charge < -0.3 is 10.2 Å². The lowest BCUT2D eigenvalue weighted by Gasteiger charge is -2.20. The van der Waals surface area contributed by atoms with Gasteiger partial charge in [0.15, 0.2) is 0 Å². The summed E-state index contributed by atoms with van der Waals surface area (Å²) in [7, 11) is 0. The second-order valence-electron chi connectivity index (χ2n) is 4.91. The molecule has 0 aromatic carbocycles. The molecule has 1 aliphatic heterocycles. The Kier molecular flexibility index (Phi) is 3.93. The van der Waals surface area contributed by atoms with Gasteiger partial charge >= 0.3 is 0 Å². The molecule has 1 N–H and O–H groups in total. The second kappa shape index (κ2) is 4.78. The number of carbonyl (C=O) groups is 1. The number of hydrogen-bond acceptors (Lipinski definition) is 2. The van der Waals surface area contributed by atoms with Gasteiger partial charge in [-0.1, -0.05) is 27.7 Å². The SMILES string of the molecule is CC(C)CN1CC(NC(C)C)CC1=O. The fourth-order valence-corrected chi connectivity index (χ4v) is 1.97. The van der Waals surface area contributed by atoms with E-state index in [1.54, 1.807) is 0 Å². The Morgan fingerprint density at radius 2 is 2.07 bits per heavy atom. The van der Waals surface area contributed by atoms with Crippen molar-refractivity contribution in [3.05, 3.63) is 0 Å². The molecule has 3 heteroatoms. The van der Waals surface area contributed by atoms with Crippen LogP contribution in [0.5, 0.6) is 0 Å². The van der Waals surface area contributed by atoms with Crippen molar-refractivity contribution in [3.63, 3.8) is 0 Å². The number of hydrogen-bond donors (Lipinski definition) is 1. The standard InChI is InChI=1S/C11H22N2O/c1-8(2)6-13-7-10(5-11(13)14)12-9(3)4/h8-10,12H,5-7H2,1-4H3. The zero-order valence-corrected chi connectivity index (χ0v) is 9.71. The van der Waals surface area contributed by atoms with E-state index in [0.717, 1.165) is 13.1 Å². The van der Waals surface area contributed by atoms with E-state index in [1.165, 1.54) is 0 Å². The molecular formula is C11H22N2O. The highest BCUT2D eigenvalue weighted by atomic mass is 16.2. The highest BCUT2D eigenvalue weighted by Crippen LogP contribution is 2.13. The molecule has 3 nitrogen and oxygen atoms in total. The van der Waals surface area contributed by atoms with Crippen LogP contribution in [-0.2, 0) is 4.79 Å². The molecule has 0 spiro atoms. The first kappa shape index (κ1) is 11.5. The smallest absolute Gasteiger partial charge is 0.224 e. The summed E-state index contributed by atoms with van der Waals surface area (Å²) in [6.45, 7) is 10.3. The van der Waals surface area contributed by atoms with Gasteiger partial charge in [-0.3, -0.25) is 4.79 Å². The van der Waals surface area contributed by atoms with Crippen LogP contribution in [0, 0.1) is 5.92 Å². The summed E-state index contributed by atoms with van der Waals surface area (Å²) in [6.07, 6.45) is 0.672. The number of amides is 1. The van der Waals surface area contributed by atoms with Gasteiger partial charge in [0, 0.05) is 31.6 Å². The Morgan fingerprint density at radius 1 is 1.43 bits per heavy atom. The van der Waals surface area contributed by atoms with Gasteiger partial charge in [-0.2, -0.15) is 0 Å². The van der Waals surface area contributed by atoms with E-state index in [-0.39, 0.29) is 0 Å². The van der Waals surface area contributed by atoms with Gasteiger partial charge in [0.2, 0.25) is 5.91 Å². The lowest BCUT2D eigenvalue weighted by atomic mass is 10.2. The van der Waals surface area contributed by atoms with Gasteiger partial charge in [-0.25, -0.2) is 0 Å². The normalized spacial score (nSPS) is 22.9. The summed E-state index contributed by atoms with van der Waals surface area (Å²) in [5.41, 5.74) is 0. The van der Waals surface area contributed by atoms with Crippen molar-refractivity contribution >= 4 is 5.91 Å². The Bertz CT molecular complexity index is 201. The lowest BCUT2D eigenvalue weighted by molar-refractivity contribution is -0.128. The molecule has 1 fully saturated rings. The Morgan fingerprint density at radius 3 is 2.57 bits per heavy atom. The Labute approximate surface area is 86.9 Å². The number of likely N-dealkylation sites (tertiary alicyclic amines) is 1. The molecule has 0 aliphatic carbocycles. The van der Waals surface area contributed by atoms with E-state index >= 15 is 0 Å². The molecule has 1 aliphatic rings. The van der Waals surface area contributed by atoms with Crippen molar-refractivity contribution in [1.29, 1.82) is 0 Å². The van der Waals surface area contributed by atoms with Gasteiger partial charge in [0.25, 0.3) is 0 Å². The van der Waals surface area contributed by atoms with Crippen molar-refractivity contribution < 1.29 is 4.79 Å². The van der Waals surface area contributed by atoms with E-state index in [1.807, 2.05) is 4.90 Å². The van der Waals surface area contributed by atoms with Crippen LogP contribution in [-0.4, -0.2) is 36.0 Å². The van der Waals surface area contributed by atoms with Gasteiger partial charge in [-0.05, 0) is 5.92 Å². The average molecular weight is 198 g/mol. The van der Waals surface area contributed by atoms with Crippen LogP contribution in [0.4, 0.5) is 0 Å². The van der Waals surface area contributed by atoms with Gasteiger partial charge in [0.05, 0.1) is 0 Å². The summed E-state index contributed by atoms with van der Waals surface area (Å²) in [5.74, 6) is 0.869. The van der Waals surface area contributed by atoms with Crippen molar-refractivity contribution in [2.24, 2.45) is 5.92 Å². The first-order valence-corrected chi connectivity index (χ1v) is 5.53. The lowest BCUT2D eigenvalue weighted by Crippen LogP contribution is -2.37. The molecule has 82 valence electrons. The molecule has 0 bridgehead atoms. The maximum Gasteiger partial charge on any atom is 0.224 e. The van der Waals surface area contributed by atoms with E-state index in [4.69, 9.17) is 0 Å². The van der Waals surface area contributed by atoms with Crippen LogP contribution in [0.2, 0.25) is 0 Å². The quantitative estimate of drug-likeness (QED) is 0.737. The van der Waals surface area contributed by atoms with Crippen LogP contribution in [0.3, 0.4) is 0 Å². The molecule has 1 unspecified atom stereocenters. The minimum Gasteiger partial charge on any atom is -0.341 e.